The number of nitrogen functional groups attached to an aromatic ring is 1. The number of anilines is 1. The minimum absolute atomic E-state index is 0.104. The normalized spacial score (nSPS) is 11.3. The van der Waals surface area contributed by atoms with Crippen LogP contribution in [0.3, 0.4) is 0 Å². The van der Waals surface area contributed by atoms with Crippen molar-refractivity contribution in [2.24, 2.45) is 5.84 Å². The summed E-state index contributed by atoms with van der Waals surface area (Å²) in [6, 6.07) is 6.89. The van der Waals surface area contributed by atoms with E-state index in [2.05, 4.69) is 20.1 Å². The van der Waals surface area contributed by atoms with Crippen LogP contribution in [0.2, 0.25) is 0 Å². The third-order valence-electron chi connectivity index (χ3n) is 2.98. The number of nitrogens with zero attached hydrogens (tertiary/aromatic N) is 2. The lowest BCUT2D eigenvalue weighted by atomic mass is 10.1. The van der Waals surface area contributed by atoms with E-state index in [1.807, 2.05) is 19.1 Å². The molecular formula is C13H17N5O2S. The van der Waals surface area contributed by atoms with Gasteiger partial charge in [0, 0.05) is 12.4 Å². The molecule has 21 heavy (non-hydrogen) atoms. The molecule has 0 aliphatic rings. The average Bonchev–Trinajstić information content (AvgIpc) is 2.53. The highest BCUT2D eigenvalue weighted by Gasteiger charge is 2.20. The summed E-state index contributed by atoms with van der Waals surface area (Å²) in [5, 5.41) is -0.138. The highest BCUT2D eigenvalue weighted by Crippen LogP contribution is 2.17. The Kier molecular flexibility index (Phi) is 4.84. The van der Waals surface area contributed by atoms with Crippen molar-refractivity contribution in [2.45, 2.75) is 24.9 Å². The van der Waals surface area contributed by atoms with Crippen LogP contribution in [0.4, 0.5) is 5.69 Å². The molecule has 112 valence electrons. The summed E-state index contributed by atoms with van der Waals surface area (Å²) in [4.78, 5) is 8.06. The van der Waals surface area contributed by atoms with Crippen molar-refractivity contribution in [2.75, 3.05) is 5.43 Å². The zero-order valence-corrected chi connectivity index (χ0v) is 12.4. The Hall–Kier alpha value is -2.03. The Morgan fingerprint density at radius 1 is 1.19 bits per heavy atom. The number of hydrogen-bond donors (Lipinski definition) is 3. The lowest BCUT2D eigenvalue weighted by molar-refractivity contribution is 0.576. The Morgan fingerprint density at radius 2 is 1.90 bits per heavy atom. The number of nitrogens with one attached hydrogen (secondary N) is 2. The Morgan fingerprint density at radius 3 is 2.62 bits per heavy atom. The summed E-state index contributed by atoms with van der Waals surface area (Å²) < 4.78 is 27.1. The number of aromatic nitrogens is 2. The zero-order valence-electron chi connectivity index (χ0n) is 11.6. The molecule has 0 aliphatic carbocycles. The van der Waals surface area contributed by atoms with Crippen molar-refractivity contribution in [3.8, 4) is 0 Å². The van der Waals surface area contributed by atoms with Gasteiger partial charge in [0.1, 0.15) is 0 Å². The highest BCUT2D eigenvalue weighted by atomic mass is 32.2. The van der Waals surface area contributed by atoms with Gasteiger partial charge in [0.05, 0.1) is 17.9 Å². The molecule has 2 rings (SSSR count). The van der Waals surface area contributed by atoms with Gasteiger partial charge in [-0.25, -0.2) is 18.1 Å². The number of hydrazine groups is 1. The van der Waals surface area contributed by atoms with E-state index in [1.165, 1.54) is 6.20 Å². The van der Waals surface area contributed by atoms with Gasteiger partial charge in [-0.15, -0.1) is 0 Å². The van der Waals surface area contributed by atoms with Crippen LogP contribution >= 0.6 is 0 Å². The number of pyridine rings is 2. The second-order valence-electron chi connectivity index (χ2n) is 4.29. The third-order valence-corrected chi connectivity index (χ3v) is 4.34. The van der Waals surface area contributed by atoms with E-state index in [4.69, 9.17) is 5.84 Å². The van der Waals surface area contributed by atoms with Gasteiger partial charge in [-0.1, -0.05) is 13.0 Å². The van der Waals surface area contributed by atoms with Gasteiger partial charge in [0.25, 0.3) is 10.0 Å². The number of aryl methyl sites for hydroxylation is 1. The van der Waals surface area contributed by atoms with Gasteiger partial charge in [0.2, 0.25) is 0 Å². The fraction of sp³-hybridized carbons (Fsp3) is 0.231. The summed E-state index contributed by atoms with van der Waals surface area (Å²) in [7, 11) is -3.77. The van der Waals surface area contributed by atoms with Crippen LogP contribution in [0, 0.1) is 0 Å². The fourth-order valence-corrected chi connectivity index (χ4v) is 2.98. The van der Waals surface area contributed by atoms with Crippen molar-refractivity contribution in [3.63, 3.8) is 0 Å². The standard InChI is InChI=1S/C13H17N5O2S/c1-2-10-5-3-7-15-12(10)9-17-21(19,20)13-11(18-14)6-4-8-16-13/h3-8,17-18H,2,9,14H2,1H3. The molecule has 0 saturated carbocycles. The third kappa shape index (κ3) is 3.54. The van der Waals surface area contributed by atoms with Gasteiger partial charge in [-0.2, -0.15) is 0 Å². The van der Waals surface area contributed by atoms with E-state index in [1.54, 1.807) is 18.3 Å². The Labute approximate surface area is 123 Å². The first-order valence-corrected chi connectivity index (χ1v) is 7.91. The van der Waals surface area contributed by atoms with Gasteiger partial charge in [0.15, 0.2) is 5.03 Å². The van der Waals surface area contributed by atoms with Crippen molar-refractivity contribution in [3.05, 3.63) is 47.9 Å². The number of hydrogen-bond acceptors (Lipinski definition) is 6. The lowest BCUT2D eigenvalue weighted by Gasteiger charge is -2.11. The van der Waals surface area contributed by atoms with Crippen LogP contribution in [-0.4, -0.2) is 18.4 Å². The van der Waals surface area contributed by atoms with E-state index in [-0.39, 0.29) is 17.3 Å². The monoisotopic (exact) mass is 307 g/mol. The molecule has 0 atom stereocenters. The summed E-state index contributed by atoms with van der Waals surface area (Å²) in [5.41, 5.74) is 4.26. The molecule has 2 aromatic rings. The molecule has 0 amide bonds. The van der Waals surface area contributed by atoms with Crippen LogP contribution in [0.1, 0.15) is 18.2 Å². The molecule has 2 aromatic heterocycles. The molecule has 0 spiro atoms. The van der Waals surface area contributed by atoms with Crippen molar-refractivity contribution < 1.29 is 8.42 Å². The Balaban J connectivity index is 2.22. The lowest BCUT2D eigenvalue weighted by Crippen LogP contribution is -2.26. The van der Waals surface area contributed by atoms with E-state index in [0.29, 0.717) is 5.69 Å². The van der Waals surface area contributed by atoms with Crippen LogP contribution in [0.15, 0.2) is 41.7 Å². The van der Waals surface area contributed by atoms with Crippen LogP contribution < -0.4 is 16.0 Å². The largest absolute Gasteiger partial charge is 0.321 e. The topological polar surface area (TPSA) is 110 Å². The van der Waals surface area contributed by atoms with Gasteiger partial charge >= 0.3 is 0 Å². The second-order valence-corrected chi connectivity index (χ2v) is 5.97. The summed E-state index contributed by atoms with van der Waals surface area (Å²) in [6.07, 6.45) is 3.81. The quantitative estimate of drug-likeness (QED) is 0.538. The number of sulfonamides is 1. The smallest absolute Gasteiger partial charge is 0.260 e. The molecule has 8 heteroatoms. The maximum atomic E-state index is 12.3. The van der Waals surface area contributed by atoms with Crippen molar-refractivity contribution >= 4 is 15.7 Å². The van der Waals surface area contributed by atoms with Crippen LogP contribution in [0.5, 0.6) is 0 Å². The molecule has 0 fully saturated rings. The minimum Gasteiger partial charge on any atom is -0.321 e. The van der Waals surface area contributed by atoms with Gasteiger partial charge in [-0.3, -0.25) is 10.8 Å². The fourth-order valence-electron chi connectivity index (χ4n) is 1.90. The van der Waals surface area contributed by atoms with Gasteiger partial charge in [-0.05, 0) is 30.2 Å². The summed E-state index contributed by atoms with van der Waals surface area (Å²) >= 11 is 0. The second kappa shape index (κ2) is 6.61. The molecule has 7 nitrogen and oxygen atoms in total. The molecule has 0 radical (unpaired) electrons. The maximum Gasteiger partial charge on any atom is 0.260 e. The van der Waals surface area contributed by atoms with E-state index < -0.39 is 10.0 Å². The SMILES string of the molecule is CCc1cccnc1CNS(=O)(=O)c1ncccc1NN. The molecular weight excluding hydrogens is 290 g/mol. The highest BCUT2D eigenvalue weighted by molar-refractivity contribution is 7.89. The predicted octanol–water partition coefficient (Wildman–Crippen LogP) is 0.803. The van der Waals surface area contributed by atoms with Crippen LogP contribution in [0.25, 0.3) is 0 Å². The molecule has 0 saturated heterocycles. The van der Waals surface area contributed by atoms with E-state index in [0.717, 1.165) is 12.0 Å². The minimum atomic E-state index is -3.77. The Bertz CT molecular complexity index is 718. The summed E-state index contributed by atoms with van der Waals surface area (Å²) in [5.74, 6) is 5.31. The van der Waals surface area contributed by atoms with Crippen molar-refractivity contribution in [1.82, 2.24) is 14.7 Å². The first-order valence-electron chi connectivity index (χ1n) is 6.42. The predicted molar refractivity (Wildman–Crippen MR) is 79.7 cm³/mol. The summed E-state index contributed by atoms with van der Waals surface area (Å²) in [6.45, 7) is 2.09. The van der Waals surface area contributed by atoms with E-state index in [9.17, 15) is 8.42 Å². The van der Waals surface area contributed by atoms with Crippen LogP contribution in [-0.2, 0) is 23.0 Å². The molecule has 0 bridgehead atoms. The number of rotatable bonds is 6. The van der Waals surface area contributed by atoms with Gasteiger partial charge < -0.3 is 5.43 Å². The molecule has 0 unspecified atom stereocenters. The molecule has 4 N–H and O–H groups in total. The molecule has 0 aromatic carbocycles. The van der Waals surface area contributed by atoms with Crippen molar-refractivity contribution in [1.29, 1.82) is 0 Å². The maximum absolute atomic E-state index is 12.3. The average molecular weight is 307 g/mol. The molecule has 0 aliphatic heterocycles. The van der Waals surface area contributed by atoms with E-state index >= 15 is 0 Å². The zero-order chi connectivity index (χ0) is 15.3. The number of nitrogens with two attached hydrogens (primary N) is 1. The first-order chi connectivity index (χ1) is 10.1. The molecule has 2 heterocycles. The first kappa shape index (κ1) is 15.4.